The van der Waals surface area contributed by atoms with Crippen molar-refractivity contribution in [3.63, 3.8) is 0 Å². The second kappa shape index (κ2) is 9.47. The predicted molar refractivity (Wildman–Crippen MR) is 52.9 cm³/mol. The molecule has 0 spiro atoms. The van der Waals surface area contributed by atoms with Gasteiger partial charge in [0, 0.05) is 18.7 Å². The molecule has 0 aromatic carbocycles. The largest absolute Gasteiger partial charge is 0.478 e. The van der Waals surface area contributed by atoms with Gasteiger partial charge in [-0.3, -0.25) is 0 Å². The minimum absolute atomic E-state index is 0.558. The summed E-state index contributed by atoms with van der Waals surface area (Å²) in [5.41, 5.74) is 6.44. The fraction of sp³-hybridized carbons (Fsp3) is 0.333. The van der Waals surface area contributed by atoms with Gasteiger partial charge in [-0.1, -0.05) is 11.6 Å². The summed E-state index contributed by atoms with van der Waals surface area (Å²) in [6, 6.07) is 0. The van der Waals surface area contributed by atoms with E-state index in [0.717, 1.165) is 0 Å². The molecule has 0 atom stereocenters. The van der Waals surface area contributed by atoms with E-state index < -0.39 is 11.9 Å². The Bertz CT molecular complexity index is 223. The van der Waals surface area contributed by atoms with Crippen molar-refractivity contribution in [1.29, 1.82) is 0 Å². The first-order valence-electron chi connectivity index (χ1n) is 3.87. The molecule has 4 N–H and O–H groups in total. The minimum atomic E-state index is -1.26. The Kier molecular flexibility index (Phi) is 10.1. The molecule has 0 aromatic heterocycles. The molecule has 0 amide bonds. The van der Waals surface area contributed by atoms with Crippen molar-refractivity contribution in [2.45, 2.75) is 13.8 Å². The van der Waals surface area contributed by atoms with E-state index in [-0.39, 0.29) is 0 Å². The molecule has 5 heteroatoms. The fourth-order valence-corrected chi connectivity index (χ4v) is 0.378. The summed E-state index contributed by atoms with van der Waals surface area (Å²) in [5.74, 6) is -2.51. The Morgan fingerprint density at radius 1 is 1.14 bits per heavy atom. The molecule has 0 saturated heterocycles. The lowest BCUT2D eigenvalue weighted by atomic mass is 10.3. The maximum absolute atomic E-state index is 9.55. The highest BCUT2D eigenvalue weighted by molar-refractivity contribution is 5.89. The topological polar surface area (TPSA) is 101 Å². The Balaban J connectivity index is 0. The van der Waals surface area contributed by atoms with Crippen molar-refractivity contribution in [2.24, 2.45) is 5.73 Å². The highest BCUT2D eigenvalue weighted by Gasteiger charge is 1.88. The highest BCUT2D eigenvalue weighted by Crippen LogP contribution is 1.82. The number of carbonyl (C=O) groups is 2. The number of carboxylic acid groups (broad SMARTS) is 2. The lowest BCUT2D eigenvalue weighted by Crippen LogP contribution is -1.92. The van der Waals surface area contributed by atoms with Gasteiger partial charge in [0.25, 0.3) is 0 Å². The average Bonchev–Trinajstić information content (AvgIpc) is 2.01. The predicted octanol–water partition coefficient (Wildman–Crippen LogP) is 0.623. The average molecular weight is 201 g/mol. The molecule has 0 fully saturated rings. The van der Waals surface area contributed by atoms with Gasteiger partial charge in [0.15, 0.2) is 0 Å². The zero-order valence-corrected chi connectivity index (χ0v) is 8.23. The van der Waals surface area contributed by atoms with Crippen molar-refractivity contribution in [1.82, 2.24) is 0 Å². The molecule has 0 heterocycles. The van der Waals surface area contributed by atoms with Crippen LogP contribution in [0.3, 0.4) is 0 Å². The standard InChI is InChI=1S/C5H11N.C4H4O4/c1-5(2)3-4-6;5-3(6)1-2-4(7)8/h3H,4,6H2,1-2H3;1-2H,(H,5,6)(H,7,8). The zero-order chi connectivity index (χ0) is 11.6. The Morgan fingerprint density at radius 2 is 1.50 bits per heavy atom. The molecular formula is C9H15NO4. The van der Waals surface area contributed by atoms with Crippen molar-refractivity contribution in [3.05, 3.63) is 23.8 Å². The van der Waals surface area contributed by atoms with Crippen LogP contribution in [0.2, 0.25) is 0 Å². The SMILES string of the molecule is CC(C)=CCN.O=C(O)C=CC(=O)O. The summed E-state index contributed by atoms with van der Waals surface area (Å²) in [7, 11) is 0. The zero-order valence-electron chi connectivity index (χ0n) is 8.23. The summed E-state index contributed by atoms with van der Waals surface area (Å²) in [4.78, 5) is 19.1. The van der Waals surface area contributed by atoms with E-state index in [9.17, 15) is 9.59 Å². The van der Waals surface area contributed by atoms with Gasteiger partial charge in [-0.05, 0) is 13.8 Å². The number of hydrogen-bond acceptors (Lipinski definition) is 3. The molecule has 0 aromatic rings. The molecular weight excluding hydrogens is 186 g/mol. The second-order valence-corrected chi connectivity index (χ2v) is 2.53. The molecule has 0 saturated carbocycles. The van der Waals surface area contributed by atoms with Crippen molar-refractivity contribution in [2.75, 3.05) is 6.54 Å². The van der Waals surface area contributed by atoms with Gasteiger partial charge < -0.3 is 15.9 Å². The third-order valence-electron chi connectivity index (χ3n) is 0.895. The van der Waals surface area contributed by atoms with Crippen LogP contribution < -0.4 is 5.73 Å². The molecule has 0 rings (SSSR count). The molecule has 14 heavy (non-hydrogen) atoms. The van der Waals surface area contributed by atoms with Crippen LogP contribution in [0.5, 0.6) is 0 Å². The molecule has 0 radical (unpaired) electrons. The van der Waals surface area contributed by atoms with E-state index in [2.05, 4.69) is 0 Å². The van der Waals surface area contributed by atoms with E-state index in [1.54, 1.807) is 0 Å². The van der Waals surface area contributed by atoms with Gasteiger partial charge in [-0.2, -0.15) is 0 Å². The molecule has 0 aliphatic carbocycles. The van der Waals surface area contributed by atoms with E-state index in [0.29, 0.717) is 18.7 Å². The molecule has 0 aliphatic heterocycles. The molecule has 0 bridgehead atoms. The third kappa shape index (κ3) is 22.4. The smallest absolute Gasteiger partial charge is 0.328 e. The van der Waals surface area contributed by atoms with Crippen molar-refractivity contribution in [3.8, 4) is 0 Å². The lowest BCUT2D eigenvalue weighted by Gasteiger charge is -1.80. The van der Waals surface area contributed by atoms with Crippen molar-refractivity contribution < 1.29 is 19.8 Å². The lowest BCUT2D eigenvalue weighted by molar-refractivity contribution is -0.134. The van der Waals surface area contributed by atoms with E-state index >= 15 is 0 Å². The first-order chi connectivity index (χ1) is 6.40. The Hall–Kier alpha value is -1.62. The van der Waals surface area contributed by atoms with E-state index in [1.165, 1.54) is 5.57 Å². The van der Waals surface area contributed by atoms with Crippen LogP contribution in [0.25, 0.3) is 0 Å². The summed E-state index contributed by atoms with van der Waals surface area (Å²) in [6.45, 7) is 4.74. The van der Waals surface area contributed by atoms with Gasteiger partial charge in [-0.15, -0.1) is 0 Å². The van der Waals surface area contributed by atoms with Gasteiger partial charge in [0.1, 0.15) is 0 Å². The van der Waals surface area contributed by atoms with Gasteiger partial charge in [-0.25, -0.2) is 9.59 Å². The summed E-state index contributed by atoms with van der Waals surface area (Å²) < 4.78 is 0. The summed E-state index contributed by atoms with van der Waals surface area (Å²) in [6.07, 6.45) is 3.10. The van der Waals surface area contributed by atoms with E-state index in [1.807, 2.05) is 19.9 Å². The third-order valence-corrected chi connectivity index (χ3v) is 0.895. The van der Waals surface area contributed by atoms with Gasteiger partial charge in [0.2, 0.25) is 0 Å². The maximum Gasteiger partial charge on any atom is 0.328 e. The summed E-state index contributed by atoms with van der Waals surface area (Å²) >= 11 is 0. The number of hydrogen-bond donors (Lipinski definition) is 3. The number of aliphatic carboxylic acids is 2. The molecule has 0 unspecified atom stereocenters. The molecule has 80 valence electrons. The highest BCUT2D eigenvalue weighted by atomic mass is 16.4. The second-order valence-electron chi connectivity index (χ2n) is 2.53. The first-order valence-corrected chi connectivity index (χ1v) is 3.87. The molecule has 5 nitrogen and oxygen atoms in total. The number of allylic oxidation sites excluding steroid dienone is 1. The summed E-state index contributed by atoms with van der Waals surface area (Å²) in [5, 5.41) is 15.6. The Labute approximate surface area is 82.5 Å². The molecule has 0 aliphatic rings. The maximum atomic E-state index is 9.55. The Morgan fingerprint density at radius 3 is 1.57 bits per heavy atom. The normalized spacial score (nSPS) is 8.79. The van der Waals surface area contributed by atoms with Crippen LogP contribution >= 0.6 is 0 Å². The van der Waals surface area contributed by atoms with Crippen LogP contribution in [-0.4, -0.2) is 28.7 Å². The van der Waals surface area contributed by atoms with Crippen LogP contribution in [0.15, 0.2) is 23.8 Å². The van der Waals surface area contributed by atoms with Gasteiger partial charge >= 0.3 is 11.9 Å². The minimum Gasteiger partial charge on any atom is -0.478 e. The fourth-order valence-electron chi connectivity index (χ4n) is 0.378. The van der Waals surface area contributed by atoms with Crippen LogP contribution in [0.1, 0.15) is 13.8 Å². The number of carboxylic acids is 2. The van der Waals surface area contributed by atoms with Crippen LogP contribution in [-0.2, 0) is 9.59 Å². The first kappa shape index (κ1) is 14.9. The van der Waals surface area contributed by atoms with E-state index in [4.69, 9.17) is 15.9 Å². The number of rotatable bonds is 3. The van der Waals surface area contributed by atoms with Crippen molar-refractivity contribution >= 4 is 11.9 Å². The monoisotopic (exact) mass is 201 g/mol. The quantitative estimate of drug-likeness (QED) is 0.459. The van der Waals surface area contributed by atoms with Crippen LogP contribution in [0.4, 0.5) is 0 Å². The van der Waals surface area contributed by atoms with Gasteiger partial charge in [0.05, 0.1) is 0 Å². The van der Waals surface area contributed by atoms with Crippen LogP contribution in [0, 0.1) is 0 Å². The number of nitrogens with two attached hydrogens (primary N) is 1.